The lowest BCUT2D eigenvalue weighted by Crippen LogP contribution is -2.46. The summed E-state index contributed by atoms with van der Waals surface area (Å²) in [6.45, 7) is 8.26. The molecule has 2 saturated heterocycles. The number of nitrogens with one attached hydrogen (secondary N) is 1. The van der Waals surface area contributed by atoms with E-state index < -0.39 is 0 Å². The number of nitrogens with two attached hydrogens (primary N) is 1. The lowest BCUT2D eigenvalue weighted by Gasteiger charge is -2.38. The van der Waals surface area contributed by atoms with Crippen molar-refractivity contribution in [3.63, 3.8) is 0 Å². The maximum atomic E-state index is 13.0. The Morgan fingerprint density at radius 3 is 1.70 bits per heavy atom. The minimum atomic E-state index is -0.230. The van der Waals surface area contributed by atoms with Gasteiger partial charge in [-0.25, -0.2) is 8.78 Å². The third-order valence-electron chi connectivity index (χ3n) is 7.53. The summed E-state index contributed by atoms with van der Waals surface area (Å²) in [7, 11) is 0. The van der Waals surface area contributed by atoms with Crippen molar-refractivity contribution in [2.75, 3.05) is 67.1 Å². The summed E-state index contributed by atoms with van der Waals surface area (Å²) in [5, 5.41) is 18.4. The molecule has 0 amide bonds. The number of rotatable bonds is 5. The topological polar surface area (TPSA) is 102 Å². The fraction of sp³-hybridized carbons (Fsp3) is 0.290. The summed E-state index contributed by atoms with van der Waals surface area (Å²) < 4.78 is 26.4. The molecule has 5 rings (SSSR count). The van der Waals surface area contributed by atoms with E-state index in [0.29, 0.717) is 15.8 Å². The molecule has 2 aliphatic rings. The molecule has 3 N–H and O–H groups in total. The number of hydrogen-bond donors (Lipinski definition) is 2. The van der Waals surface area contributed by atoms with Crippen LogP contribution in [0, 0.1) is 38.9 Å². The number of hydrogen-bond acceptors (Lipinski definition) is 8. The van der Waals surface area contributed by atoms with E-state index in [1.165, 1.54) is 24.3 Å². The molecule has 3 heterocycles. The first-order valence-electron chi connectivity index (χ1n) is 13.7. The van der Waals surface area contributed by atoms with Crippen LogP contribution in [0.5, 0.6) is 0 Å². The van der Waals surface area contributed by atoms with Gasteiger partial charge in [-0.15, -0.1) is 0 Å². The Balaban J connectivity index is 0.000000197. The molecule has 0 aliphatic carbocycles. The van der Waals surface area contributed by atoms with E-state index in [-0.39, 0.29) is 16.6 Å². The van der Waals surface area contributed by atoms with Crippen LogP contribution >= 0.6 is 24.4 Å². The second kappa shape index (κ2) is 14.6. The molecule has 222 valence electrons. The molecule has 12 heteroatoms. The van der Waals surface area contributed by atoms with E-state index in [1.807, 2.05) is 13.0 Å². The zero-order chi connectivity index (χ0) is 30.9. The second-order valence-electron chi connectivity index (χ2n) is 10.0. The Hall–Kier alpha value is -4.52. The van der Waals surface area contributed by atoms with Crippen LogP contribution in [-0.2, 0) is 0 Å². The van der Waals surface area contributed by atoms with Gasteiger partial charge in [0.1, 0.15) is 44.5 Å². The Bertz CT molecular complexity index is 1590. The number of piperazine rings is 2. The van der Waals surface area contributed by atoms with Gasteiger partial charge in [0.25, 0.3) is 0 Å². The van der Waals surface area contributed by atoms with Gasteiger partial charge >= 0.3 is 0 Å². The number of H-pyrrole nitrogens is 1. The third kappa shape index (κ3) is 7.86. The molecule has 2 fully saturated rings. The Kier molecular flexibility index (Phi) is 10.7. The van der Waals surface area contributed by atoms with E-state index in [9.17, 15) is 14.0 Å². The zero-order valence-corrected chi connectivity index (χ0v) is 25.4. The molecule has 1 aromatic heterocycles. The van der Waals surface area contributed by atoms with Crippen molar-refractivity contribution in [3.8, 4) is 12.1 Å². The Morgan fingerprint density at radius 2 is 1.26 bits per heavy atom. The smallest absolute Gasteiger partial charge is 0.123 e. The minimum Gasteiger partial charge on any atom is -0.389 e. The lowest BCUT2D eigenvalue weighted by molar-refractivity contribution is 0.321. The first kappa shape index (κ1) is 31.4. The molecule has 0 atom stereocenters. The normalized spacial score (nSPS) is 15.5. The van der Waals surface area contributed by atoms with Crippen LogP contribution in [0.4, 0.5) is 25.8 Å². The summed E-state index contributed by atoms with van der Waals surface area (Å²) in [5.74, 6) is -0.453. The van der Waals surface area contributed by atoms with Gasteiger partial charge < -0.3 is 30.3 Å². The van der Waals surface area contributed by atoms with Gasteiger partial charge in [0.05, 0.1) is 5.69 Å². The number of aromatic nitrogens is 1. The average Bonchev–Trinajstić information content (AvgIpc) is 3.02. The monoisotopic (exact) mass is 618 g/mol. The molecular formula is C31H32F2N8S2. The number of aromatic amines is 1. The molecule has 2 aliphatic heterocycles. The highest BCUT2D eigenvalue weighted by Gasteiger charge is 2.21. The highest BCUT2D eigenvalue weighted by atomic mass is 32.1. The number of thiocarbonyl (C=S) groups is 1. The van der Waals surface area contributed by atoms with E-state index in [1.54, 1.807) is 30.5 Å². The van der Waals surface area contributed by atoms with Gasteiger partial charge in [0, 0.05) is 75.6 Å². The molecule has 0 spiro atoms. The fourth-order valence-corrected chi connectivity index (χ4v) is 5.53. The molecule has 2 aromatic carbocycles. The van der Waals surface area contributed by atoms with Crippen LogP contribution in [0.15, 0.2) is 72.1 Å². The highest BCUT2D eigenvalue weighted by Crippen LogP contribution is 2.24. The standard InChI is InChI=1S/C16H15FN4S.C15H17FN4S/c17-12-1-3-13(4-2-12)20-7-9-21(10-8-20)15-5-6-19-16(22)14(15)11-18;1-11(14(10-17)15(18)21)19-6-8-20(9-7-19)13-4-2-12(16)3-5-13/h1-6H,7-10H2,(H,19,22);2-5H,6-9H2,1H3,(H2,18,21)/b;14-11-. The van der Waals surface area contributed by atoms with Gasteiger partial charge in [-0.05, 0) is 61.5 Å². The van der Waals surface area contributed by atoms with Crippen molar-refractivity contribution in [1.82, 2.24) is 9.88 Å². The van der Waals surface area contributed by atoms with Crippen molar-refractivity contribution in [1.29, 1.82) is 10.5 Å². The van der Waals surface area contributed by atoms with Crippen molar-refractivity contribution in [3.05, 3.63) is 93.9 Å². The largest absolute Gasteiger partial charge is 0.389 e. The van der Waals surface area contributed by atoms with Crippen molar-refractivity contribution in [2.45, 2.75) is 6.92 Å². The molecule has 0 bridgehead atoms. The maximum absolute atomic E-state index is 13.0. The van der Waals surface area contributed by atoms with Gasteiger partial charge in [0.2, 0.25) is 0 Å². The Labute approximate surface area is 260 Å². The Morgan fingerprint density at radius 1 is 0.791 bits per heavy atom. The van der Waals surface area contributed by atoms with Crippen LogP contribution in [0.1, 0.15) is 12.5 Å². The quantitative estimate of drug-likeness (QED) is 0.229. The molecule has 8 nitrogen and oxygen atoms in total. The first-order valence-corrected chi connectivity index (χ1v) is 14.6. The number of allylic oxidation sites excluding steroid dienone is 1. The van der Waals surface area contributed by atoms with E-state index in [4.69, 9.17) is 35.4 Å². The van der Waals surface area contributed by atoms with Crippen molar-refractivity contribution in [2.24, 2.45) is 5.73 Å². The summed E-state index contributed by atoms with van der Waals surface area (Å²) >= 11 is 10.1. The van der Waals surface area contributed by atoms with Crippen LogP contribution in [0.2, 0.25) is 0 Å². The van der Waals surface area contributed by atoms with Gasteiger partial charge in [-0.3, -0.25) is 0 Å². The molecular weight excluding hydrogens is 587 g/mol. The predicted molar refractivity (Wildman–Crippen MR) is 172 cm³/mol. The number of benzene rings is 2. The zero-order valence-electron chi connectivity index (χ0n) is 23.8. The molecule has 0 unspecified atom stereocenters. The number of halogens is 2. The van der Waals surface area contributed by atoms with Crippen LogP contribution in [0.3, 0.4) is 0 Å². The number of anilines is 3. The molecule has 3 aromatic rings. The van der Waals surface area contributed by atoms with Gasteiger partial charge in [0.15, 0.2) is 0 Å². The minimum absolute atomic E-state index is 0.135. The van der Waals surface area contributed by atoms with Crippen LogP contribution in [-0.4, -0.2) is 67.2 Å². The van der Waals surface area contributed by atoms with Crippen LogP contribution in [0.25, 0.3) is 0 Å². The van der Waals surface area contributed by atoms with E-state index >= 15 is 0 Å². The van der Waals surface area contributed by atoms with Crippen LogP contribution < -0.4 is 20.4 Å². The molecule has 43 heavy (non-hydrogen) atoms. The average molecular weight is 619 g/mol. The maximum Gasteiger partial charge on any atom is 0.123 e. The number of nitrogens with zero attached hydrogens (tertiary/aromatic N) is 6. The molecule has 0 radical (unpaired) electrons. The van der Waals surface area contributed by atoms with Gasteiger partial charge in [-0.1, -0.05) is 24.4 Å². The van der Waals surface area contributed by atoms with Gasteiger partial charge in [-0.2, -0.15) is 10.5 Å². The van der Waals surface area contributed by atoms with E-state index in [0.717, 1.165) is 75.1 Å². The SMILES string of the molecule is C/C(=C(\C#N)C(N)=S)N1CCN(c2ccc(F)cc2)CC1.N#Cc1c(N2CCN(c3ccc(F)cc3)CC2)cc[nH]c1=S. The summed E-state index contributed by atoms with van der Waals surface area (Å²) in [6.07, 6.45) is 1.77. The second-order valence-corrected chi connectivity index (χ2v) is 10.9. The number of nitriles is 2. The van der Waals surface area contributed by atoms with E-state index in [2.05, 4.69) is 36.7 Å². The summed E-state index contributed by atoms with van der Waals surface area (Å²) in [5.41, 5.74) is 10.2. The number of pyridine rings is 1. The summed E-state index contributed by atoms with van der Waals surface area (Å²) in [6, 6.07) is 19.2. The first-order chi connectivity index (χ1) is 20.7. The third-order valence-corrected chi connectivity index (χ3v) is 8.05. The van der Waals surface area contributed by atoms with Crippen molar-refractivity contribution >= 4 is 46.5 Å². The predicted octanol–water partition coefficient (Wildman–Crippen LogP) is 5.11. The summed E-state index contributed by atoms with van der Waals surface area (Å²) in [4.78, 5) is 11.7. The highest BCUT2D eigenvalue weighted by molar-refractivity contribution is 7.80. The molecule has 0 saturated carbocycles. The lowest BCUT2D eigenvalue weighted by atomic mass is 10.2. The van der Waals surface area contributed by atoms with Crippen molar-refractivity contribution < 1.29 is 8.78 Å². The fourth-order valence-electron chi connectivity index (χ4n) is 5.12.